The average molecular weight is 405 g/mol. The molecule has 0 aliphatic carbocycles. The number of hydrogen-bond donors (Lipinski definition) is 1. The van der Waals surface area contributed by atoms with Crippen molar-refractivity contribution in [2.75, 3.05) is 13.1 Å². The second-order valence-electron chi connectivity index (χ2n) is 8.50. The lowest BCUT2D eigenvalue weighted by atomic mass is 9.87. The summed E-state index contributed by atoms with van der Waals surface area (Å²) in [5, 5.41) is 2.92. The summed E-state index contributed by atoms with van der Waals surface area (Å²) in [5.41, 5.74) is 3.84. The molecule has 4 rings (SSSR count). The number of benzene rings is 2. The SMILES string of the molecule is Cc1ccc(CN2C(=O)NC3(CCN(C(=O)c4cc(C)ccc4C)CC3)C2=O)cc1. The van der Waals surface area contributed by atoms with E-state index in [2.05, 4.69) is 5.32 Å². The minimum absolute atomic E-state index is 0.0145. The van der Waals surface area contributed by atoms with Gasteiger partial charge >= 0.3 is 6.03 Å². The van der Waals surface area contributed by atoms with Crippen molar-refractivity contribution in [1.82, 2.24) is 15.1 Å². The normalized spacial score (nSPS) is 18.1. The number of nitrogens with one attached hydrogen (secondary N) is 1. The van der Waals surface area contributed by atoms with Crippen molar-refractivity contribution in [3.05, 3.63) is 70.3 Å². The lowest BCUT2D eigenvalue weighted by molar-refractivity contribution is -0.133. The van der Waals surface area contributed by atoms with E-state index in [0.717, 1.165) is 22.3 Å². The largest absolute Gasteiger partial charge is 0.338 e. The predicted octanol–water partition coefficient (Wildman–Crippen LogP) is 3.34. The molecule has 156 valence electrons. The highest BCUT2D eigenvalue weighted by molar-refractivity contribution is 6.07. The maximum absolute atomic E-state index is 13.1. The number of imide groups is 1. The molecule has 0 saturated carbocycles. The first-order valence-electron chi connectivity index (χ1n) is 10.4. The minimum atomic E-state index is -0.903. The molecule has 6 nitrogen and oxygen atoms in total. The van der Waals surface area contributed by atoms with E-state index in [1.54, 1.807) is 4.90 Å². The number of carbonyl (C=O) groups excluding carboxylic acids is 3. The summed E-state index contributed by atoms with van der Waals surface area (Å²) < 4.78 is 0. The molecule has 4 amide bonds. The maximum atomic E-state index is 13.1. The lowest BCUT2D eigenvalue weighted by Crippen LogP contribution is -2.55. The predicted molar refractivity (Wildman–Crippen MR) is 114 cm³/mol. The Morgan fingerprint density at radius 2 is 1.60 bits per heavy atom. The first-order valence-corrected chi connectivity index (χ1v) is 10.4. The molecule has 2 fully saturated rings. The molecule has 0 atom stereocenters. The van der Waals surface area contributed by atoms with Crippen LogP contribution in [0.5, 0.6) is 0 Å². The lowest BCUT2D eigenvalue weighted by Gasteiger charge is -2.37. The van der Waals surface area contributed by atoms with Gasteiger partial charge in [-0.1, -0.05) is 47.5 Å². The van der Waals surface area contributed by atoms with Crippen LogP contribution in [0.15, 0.2) is 42.5 Å². The van der Waals surface area contributed by atoms with Crippen molar-refractivity contribution in [3.8, 4) is 0 Å². The monoisotopic (exact) mass is 405 g/mol. The summed E-state index contributed by atoms with van der Waals surface area (Å²) in [5.74, 6) is -0.203. The van der Waals surface area contributed by atoms with Crippen LogP contribution in [0.3, 0.4) is 0 Å². The Kier molecular flexibility index (Phi) is 5.10. The summed E-state index contributed by atoms with van der Waals surface area (Å²) in [6.45, 7) is 7.05. The summed E-state index contributed by atoms with van der Waals surface area (Å²) in [4.78, 5) is 41.8. The van der Waals surface area contributed by atoms with Gasteiger partial charge in [-0.05, 0) is 50.8 Å². The van der Waals surface area contributed by atoms with Crippen LogP contribution in [-0.2, 0) is 11.3 Å². The smallest absolute Gasteiger partial charge is 0.325 e. The Hall–Kier alpha value is -3.15. The van der Waals surface area contributed by atoms with E-state index in [1.807, 2.05) is 63.2 Å². The molecule has 0 aromatic heterocycles. The van der Waals surface area contributed by atoms with Crippen molar-refractivity contribution in [3.63, 3.8) is 0 Å². The molecule has 2 saturated heterocycles. The second kappa shape index (κ2) is 7.59. The molecule has 2 aromatic rings. The Labute approximate surface area is 176 Å². The molecule has 2 aliphatic rings. The van der Waals surface area contributed by atoms with Crippen LogP contribution in [-0.4, -0.2) is 46.3 Å². The molecule has 0 radical (unpaired) electrons. The fourth-order valence-corrected chi connectivity index (χ4v) is 4.26. The molecule has 0 bridgehead atoms. The highest BCUT2D eigenvalue weighted by Gasteiger charge is 2.52. The van der Waals surface area contributed by atoms with Gasteiger partial charge in [-0.25, -0.2) is 4.79 Å². The standard InChI is InChI=1S/C24H27N3O3/c1-16-5-8-19(9-6-16)15-27-22(29)24(25-23(27)30)10-12-26(13-11-24)21(28)20-14-17(2)4-7-18(20)3/h4-9,14H,10-13,15H2,1-3H3,(H,25,30). The number of hydrogen-bond acceptors (Lipinski definition) is 3. The molecule has 30 heavy (non-hydrogen) atoms. The zero-order chi connectivity index (χ0) is 21.5. The number of amides is 4. The molecule has 6 heteroatoms. The molecule has 2 aromatic carbocycles. The summed E-state index contributed by atoms with van der Waals surface area (Å²) in [7, 11) is 0. The van der Waals surface area contributed by atoms with E-state index in [1.165, 1.54) is 4.90 Å². The van der Waals surface area contributed by atoms with Gasteiger partial charge in [0, 0.05) is 18.7 Å². The van der Waals surface area contributed by atoms with Crippen LogP contribution in [0.4, 0.5) is 4.79 Å². The number of rotatable bonds is 3. The number of likely N-dealkylation sites (tertiary alicyclic amines) is 1. The van der Waals surface area contributed by atoms with Crippen molar-refractivity contribution in [1.29, 1.82) is 0 Å². The van der Waals surface area contributed by atoms with Crippen molar-refractivity contribution >= 4 is 17.8 Å². The van der Waals surface area contributed by atoms with Crippen molar-refractivity contribution in [2.45, 2.75) is 45.7 Å². The molecule has 1 spiro atoms. The van der Waals surface area contributed by atoms with Gasteiger partial charge in [0.1, 0.15) is 5.54 Å². The van der Waals surface area contributed by atoms with Crippen LogP contribution in [0.2, 0.25) is 0 Å². The van der Waals surface area contributed by atoms with Crippen LogP contribution >= 0.6 is 0 Å². The Bertz CT molecular complexity index is 1000. The van der Waals surface area contributed by atoms with Gasteiger partial charge in [0.25, 0.3) is 11.8 Å². The fraction of sp³-hybridized carbons (Fsp3) is 0.375. The Balaban J connectivity index is 1.45. The van der Waals surface area contributed by atoms with E-state index < -0.39 is 5.54 Å². The third-order valence-electron chi connectivity index (χ3n) is 6.23. The number of aryl methyl sites for hydroxylation is 3. The summed E-state index contributed by atoms with van der Waals surface area (Å²) >= 11 is 0. The quantitative estimate of drug-likeness (QED) is 0.797. The number of piperidine rings is 1. The molecular weight excluding hydrogens is 378 g/mol. The van der Waals surface area contributed by atoms with Crippen LogP contribution < -0.4 is 5.32 Å². The highest BCUT2D eigenvalue weighted by atomic mass is 16.2. The molecule has 2 aliphatic heterocycles. The molecular formula is C24H27N3O3. The maximum Gasteiger partial charge on any atom is 0.325 e. The zero-order valence-electron chi connectivity index (χ0n) is 17.7. The minimum Gasteiger partial charge on any atom is -0.338 e. The second-order valence-corrected chi connectivity index (χ2v) is 8.50. The molecule has 2 heterocycles. The van der Waals surface area contributed by atoms with Crippen LogP contribution in [0.1, 0.15) is 45.5 Å². The van der Waals surface area contributed by atoms with Crippen molar-refractivity contribution < 1.29 is 14.4 Å². The van der Waals surface area contributed by atoms with Gasteiger partial charge in [-0.3, -0.25) is 14.5 Å². The van der Waals surface area contributed by atoms with Crippen LogP contribution in [0.25, 0.3) is 0 Å². The first kappa shape index (κ1) is 20.1. The Morgan fingerprint density at radius 3 is 2.27 bits per heavy atom. The number of carbonyl (C=O) groups is 3. The number of urea groups is 1. The Morgan fingerprint density at radius 1 is 0.967 bits per heavy atom. The van der Waals surface area contributed by atoms with Gasteiger partial charge in [0.15, 0.2) is 0 Å². The van der Waals surface area contributed by atoms with Crippen molar-refractivity contribution in [2.24, 2.45) is 0 Å². The number of nitrogens with zero attached hydrogens (tertiary/aromatic N) is 2. The summed E-state index contributed by atoms with van der Waals surface area (Å²) in [6.07, 6.45) is 0.858. The van der Waals surface area contributed by atoms with Gasteiger partial charge in [-0.2, -0.15) is 0 Å². The van der Waals surface area contributed by atoms with E-state index in [9.17, 15) is 14.4 Å². The zero-order valence-corrected chi connectivity index (χ0v) is 17.7. The first-order chi connectivity index (χ1) is 14.3. The topological polar surface area (TPSA) is 69.7 Å². The van der Waals surface area contributed by atoms with Gasteiger partial charge < -0.3 is 10.2 Å². The third kappa shape index (κ3) is 3.58. The fourth-order valence-electron chi connectivity index (χ4n) is 4.26. The van der Waals surface area contributed by atoms with E-state index in [0.29, 0.717) is 31.5 Å². The molecule has 1 N–H and O–H groups in total. The molecule has 0 unspecified atom stereocenters. The van der Waals surface area contributed by atoms with E-state index >= 15 is 0 Å². The summed E-state index contributed by atoms with van der Waals surface area (Å²) in [6, 6.07) is 13.3. The van der Waals surface area contributed by atoms with Gasteiger partial charge in [0.05, 0.1) is 6.54 Å². The average Bonchev–Trinajstić information content (AvgIpc) is 2.95. The van der Waals surface area contributed by atoms with E-state index in [4.69, 9.17) is 0 Å². The third-order valence-corrected chi connectivity index (χ3v) is 6.23. The van der Waals surface area contributed by atoms with E-state index in [-0.39, 0.29) is 24.4 Å². The highest BCUT2D eigenvalue weighted by Crippen LogP contribution is 2.31. The van der Waals surface area contributed by atoms with Gasteiger partial charge in [0.2, 0.25) is 0 Å². The van der Waals surface area contributed by atoms with Crippen LogP contribution in [0, 0.1) is 20.8 Å². The van der Waals surface area contributed by atoms with Gasteiger partial charge in [-0.15, -0.1) is 0 Å².